The molecule has 5 atom stereocenters. The van der Waals surface area contributed by atoms with Gasteiger partial charge in [-0.05, 0) is 54.9 Å². The topological polar surface area (TPSA) is 196 Å². The van der Waals surface area contributed by atoms with Crippen LogP contribution in [0.4, 0.5) is 4.79 Å². The zero-order valence-electron chi connectivity index (χ0n) is 32.6. The number of methoxy groups -OCH3 is 2. The van der Waals surface area contributed by atoms with Gasteiger partial charge in [0, 0.05) is 52.7 Å². The normalized spacial score (nSPS) is 18.5. The maximum atomic E-state index is 13.7. The summed E-state index contributed by atoms with van der Waals surface area (Å²) >= 11 is 0. The smallest absolute Gasteiger partial charge is 0.405 e. The molecule has 0 spiro atoms. The lowest BCUT2D eigenvalue weighted by Crippen LogP contribution is -2.52. The van der Waals surface area contributed by atoms with E-state index in [1.807, 2.05) is 37.2 Å². The number of imidazole rings is 3. The predicted molar refractivity (Wildman–Crippen MR) is 212 cm³/mol. The van der Waals surface area contributed by atoms with Gasteiger partial charge in [0.05, 0.1) is 55.0 Å². The van der Waals surface area contributed by atoms with E-state index in [2.05, 4.69) is 67.0 Å². The number of nitrogens with one attached hydrogen (secondary N) is 4. The molecule has 2 aliphatic heterocycles. The van der Waals surface area contributed by atoms with Gasteiger partial charge in [0.25, 0.3) is 0 Å². The third-order valence-corrected chi connectivity index (χ3v) is 11.1. The van der Waals surface area contributed by atoms with Crippen molar-refractivity contribution in [2.75, 3.05) is 34.0 Å². The molecule has 0 radical (unpaired) electrons. The monoisotopic (exact) mass is 778 g/mol. The lowest BCUT2D eigenvalue weighted by atomic mass is 10.0. The second-order valence-corrected chi connectivity index (χ2v) is 14.7. The van der Waals surface area contributed by atoms with Gasteiger partial charge < -0.3 is 44.2 Å². The average molecular weight is 779 g/mol. The van der Waals surface area contributed by atoms with Gasteiger partial charge in [0.1, 0.15) is 23.7 Å². The summed E-state index contributed by atoms with van der Waals surface area (Å²) in [7, 11) is 5.00. The molecule has 5 N–H and O–H groups in total. The van der Waals surface area contributed by atoms with E-state index in [0.29, 0.717) is 18.9 Å². The first-order chi connectivity index (χ1) is 27.6. The molecule has 5 aromatic rings. The zero-order valence-corrected chi connectivity index (χ0v) is 32.6. The zero-order chi connectivity index (χ0) is 40.1. The Hall–Kier alpha value is -5.84. The van der Waals surface area contributed by atoms with Crippen molar-refractivity contribution in [1.82, 2.24) is 49.9 Å². The average Bonchev–Trinajstić information content (AvgIpc) is 4.08. The number of carbonyl (C=O) groups excluding carboxylic acids is 2. The van der Waals surface area contributed by atoms with Crippen LogP contribution in [-0.4, -0.2) is 115 Å². The van der Waals surface area contributed by atoms with Crippen molar-refractivity contribution in [3.8, 4) is 33.6 Å². The summed E-state index contributed by atoms with van der Waals surface area (Å²) in [6.45, 7) is 3.29. The van der Waals surface area contributed by atoms with Crippen LogP contribution in [0.15, 0.2) is 73.4 Å². The number of carboxylic acid groups (broad SMARTS) is 1. The number of H-pyrrole nitrogens is 2. The van der Waals surface area contributed by atoms with E-state index in [1.54, 1.807) is 42.4 Å². The molecule has 2 saturated heterocycles. The van der Waals surface area contributed by atoms with Crippen LogP contribution in [0.2, 0.25) is 0 Å². The standard InChI is InChI=1S/C41H50N10O6/c1-25(57-4)36(45-24-56-3)40(53)51-18-6-8-35(51)38-44-22-33(47-38)29-15-11-27(12-16-29)26-9-13-28(14-10-26)32-21-43-37(46-32)34-7-5-17-50(34)39(52)31(48-41(54)55)19-30-20-42-23-49(30)2/h9-16,20-23,25,31,34-36,45,48H,5-8,17-19,24H2,1-4H3,(H,43,46)(H,44,47)(H,54,55)/t25-,31+,34+,35+,36+/m1/s1. The van der Waals surface area contributed by atoms with Crippen molar-refractivity contribution < 1.29 is 29.0 Å². The van der Waals surface area contributed by atoms with Crippen LogP contribution in [0.25, 0.3) is 33.6 Å². The van der Waals surface area contributed by atoms with E-state index in [1.165, 1.54) is 0 Å². The van der Waals surface area contributed by atoms with Crippen LogP contribution in [0, 0.1) is 0 Å². The molecule has 2 aliphatic rings. The molecule has 3 aromatic heterocycles. The van der Waals surface area contributed by atoms with E-state index in [-0.39, 0.29) is 43.2 Å². The number of hydrogen-bond donors (Lipinski definition) is 5. The fourth-order valence-corrected chi connectivity index (χ4v) is 7.90. The Labute approximate surface area is 331 Å². The number of rotatable bonds is 15. The molecule has 0 saturated carbocycles. The molecule has 0 unspecified atom stereocenters. The second kappa shape index (κ2) is 17.5. The second-order valence-electron chi connectivity index (χ2n) is 14.7. The van der Waals surface area contributed by atoms with E-state index < -0.39 is 18.2 Å². The van der Waals surface area contributed by atoms with Gasteiger partial charge in [-0.15, -0.1) is 0 Å². The Bertz CT molecular complexity index is 2140. The summed E-state index contributed by atoms with van der Waals surface area (Å²) in [5.41, 5.74) is 6.51. The van der Waals surface area contributed by atoms with Gasteiger partial charge in [-0.2, -0.15) is 0 Å². The van der Waals surface area contributed by atoms with Crippen molar-refractivity contribution in [3.63, 3.8) is 0 Å². The molecule has 3 amide bonds. The molecule has 16 nitrogen and oxygen atoms in total. The molecule has 16 heteroatoms. The van der Waals surface area contributed by atoms with Crippen molar-refractivity contribution in [2.24, 2.45) is 7.05 Å². The van der Waals surface area contributed by atoms with Crippen LogP contribution in [-0.2, 0) is 32.5 Å². The Morgan fingerprint density at radius 1 is 0.825 bits per heavy atom. The first-order valence-electron chi connectivity index (χ1n) is 19.3. The number of nitrogens with zero attached hydrogens (tertiary/aromatic N) is 6. The molecule has 2 aromatic carbocycles. The lowest BCUT2D eigenvalue weighted by molar-refractivity contribution is -0.138. The molecular weight excluding hydrogens is 729 g/mol. The highest BCUT2D eigenvalue weighted by Crippen LogP contribution is 2.35. The molecule has 5 heterocycles. The summed E-state index contributed by atoms with van der Waals surface area (Å²) in [4.78, 5) is 63.0. The fraction of sp³-hybridized carbons (Fsp3) is 0.415. The molecule has 0 bridgehead atoms. The van der Waals surface area contributed by atoms with Crippen molar-refractivity contribution in [2.45, 2.75) is 69.3 Å². The summed E-state index contributed by atoms with van der Waals surface area (Å²) in [6.07, 6.45) is 8.71. The lowest BCUT2D eigenvalue weighted by Gasteiger charge is -2.30. The van der Waals surface area contributed by atoms with E-state index in [0.717, 1.165) is 70.8 Å². The minimum Gasteiger partial charge on any atom is -0.465 e. The van der Waals surface area contributed by atoms with E-state index in [4.69, 9.17) is 14.5 Å². The molecule has 57 heavy (non-hydrogen) atoms. The summed E-state index contributed by atoms with van der Waals surface area (Å²) in [5, 5.41) is 15.1. The molecular formula is C41H50N10O6. The van der Waals surface area contributed by atoms with Gasteiger partial charge in [0.15, 0.2) is 0 Å². The number of hydrogen-bond acceptors (Lipinski definition) is 9. The van der Waals surface area contributed by atoms with E-state index >= 15 is 0 Å². The largest absolute Gasteiger partial charge is 0.465 e. The number of ether oxygens (including phenoxy) is 2. The molecule has 2 fully saturated rings. The highest BCUT2D eigenvalue weighted by molar-refractivity contribution is 5.86. The van der Waals surface area contributed by atoms with Gasteiger partial charge in [0.2, 0.25) is 11.8 Å². The van der Waals surface area contributed by atoms with Crippen LogP contribution in [0.5, 0.6) is 0 Å². The van der Waals surface area contributed by atoms with Crippen molar-refractivity contribution in [3.05, 3.63) is 90.8 Å². The summed E-state index contributed by atoms with van der Waals surface area (Å²) in [5.74, 6) is 1.12. The van der Waals surface area contributed by atoms with Crippen molar-refractivity contribution in [1.29, 1.82) is 0 Å². The number of aryl methyl sites for hydroxylation is 1. The fourth-order valence-electron chi connectivity index (χ4n) is 7.90. The Balaban J connectivity index is 0.998. The van der Waals surface area contributed by atoms with Gasteiger partial charge >= 0.3 is 6.09 Å². The van der Waals surface area contributed by atoms with Crippen LogP contribution in [0.1, 0.15) is 62.0 Å². The third kappa shape index (κ3) is 8.62. The maximum Gasteiger partial charge on any atom is 0.405 e. The van der Waals surface area contributed by atoms with E-state index in [9.17, 15) is 19.5 Å². The first-order valence-corrected chi connectivity index (χ1v) is 19.3. The Morgan fingerprint density at radius 2 is 1.35 bits per heavy atom. The minimum atomic E-state index is -1.25. The van der Waals surface area contributed by atoms with Gasteiger partial charge in [-0.3, -0.25) is 14.9 Å². The maximum absolute atomic E-state index is 13.7. The third-order valence-electron chi connectivity index (χ3n) is 11.1. The number of aromatic nitrogens is 6. The minimum absolute atomic E-state index is 0.0315. The molecule has 300 valence electrons. The molecule has 0 aliphatic carbocycles. The Morgan fingerprint density at radius 3 is 1.82 bits per heavy atom. The quantitative estimate of drug-likeness (QED) is 0.0933. The molecule has 7 rings (SSSR count). The van der Waals surface area contributed by atoms with Gasteiger partial charge in [-0.1, -0.05) is 48.5 Å². The van der Waals surface area contributed by atoms with Crippen LogP contribution >= 0.6 is 0 Å². The van der Waals surface area contributed by atoms with Crippen LogP contribution < -0.4 is 10.6 Å². The summed E-state index contributed by atoms with van der Waals surface area (Å²) in [6, 6.07) is 14.6. The Kier molecular flexibility index (Phi) is 12.1. The first kappa shape index (κ1) is 39.4. The number of aromatic amines is 2. The SMILES string of the molecule is COCN[C@H](C(=O)N1CCC[C@H]1c1ncc(-c2ccc(-c3ccc(-c4cnc([C@@H]5CCCN5C(=O)[C@H](Cc5cncn5C)NC(=O)O)[nH]4)cc3)cc2)[nH]1)[C@@H](C)OC. The van der Waals surface area contributed by atoms with Crippen molar-refractivity contribution >= 4 is 17.9 Å². The van der Waals surface area contributed by atoms with Gasteiger partial charge in [-0.25, -0.2) is 19.7 Å². The highest BCUT2D eigenvalue weighted by Gasteiger charge is 2.38. The van der Waals surface area contributed by atoms with Crippen LogP contribution in [0.3, 0.4) is 0 Å². The number of benzene rings is 2. The number of carbonyl (C=O) groups is 3. The number of amides is 3. The number of likely N-dealkylation sites (tertiary alicyclic amines) is 2. The predicted octanol–water partition coefficient (Wildman–Crippen LogP) is 4.67. The highest BCUT2D eigenvalue weighted by atomic mass is 16.5. The summed E-state index contributed by atoms with van der Waals surface area (Å²) < 4.78 is 12.4.